The Morgan fingerprint density at radius 1 is 0.629 bits per heavy atom. The maximum absolute atomic E-state index is 14.8. The number of benzene rings is 6. The molecule has 6 unspecified atom stereocenters. The van der Waals surface area contributed by atoms with Gasteiger partial charge in [-0.15, -0.1) is 0 Å². The van der Waals surface area contributed by atoms with Gasteiger partial charge in [0.15, 0.2) is 14.7 Å². The zero-order valence-corrected chi connectivity index (χ0v) is 36.8. The van der Waals surface area contributed by atoms with Crippen molar-refractivity contribution in [1.29, 1.82) is 0 Å². The number of hydrogen-bond donors (Lipinski definition) is 0. The molecule has 6 aromatic rings. The van der Waals surface area contributed by atoms with E-state index in [4.69, 9.17) is 0 Å². The first-order chi connectivity index (χ1) is 30.4. The van der Waals surface area contributed by atoms with Crippen LogP contribution in [0.4, 0.5) is 0 Å². The lowest BCUT2D eigenvalue weighted by molar-refractivity contribution is 0.234. The summed E-state index contributed by atoms with van der Waals surface area (Å²) in [6.07, 6.45) is 12.7. The summed E-state index contributed by atoms with van der Waals surface area (Å²) in [6, 6.07) is 47.5. The van der Waals surface area contributed by atoms with Gasteiger partial charge in [-0.25, -0.2) is 0 Å². The van der Waals surface area contributed by atoms with E-state index in [1.807, 2.05) is 30.3 Å². The molecular weight excluding hydrogens is 793 g/mol. The maximum Gasteiger partial charge on any atom is 0.158 e. The fraction of sp³-hybridized carbons (Fsp3) is 0.207. The van der Waals surface area contributed by atoms with Crippen molar-refractivity contribution in [2.75, 3.05) is 0 Å². The molecule has 6 aliphatic rings. The topological polar surface area (TPSA) is 46.1 Å². The lowest BCUT2D eigenvalue weighted by atomic mass is 9.61. The van der Waals surface area contributed by atoms with Crippen LogP contribution in [0.5, 0.6) is 0 Å². The average Bonchev–Trinajstić information content (AvgIpc) is 3.98. The van der Waals surface area contributed by atoms with Gasteiger partial charge in [0.25, 0.3) is 0 Å². The van der Waals surface area contributed by atoms with Crippen LogP contribution in [0.25, 0.3) is 27.8 Å². The van der Waals surface area contributed by atoms with E-state index < -0.39 is 27.8 Å². The molecule has 6 aliphatic carbocycles. The first kappa shape index (κ1) is 38.2. The molecular formula is C58H46O2S2. The first-order valence-electron chi connectivity index (χ1n) is 22.1. The number of allylic oxidation sites excluding steroid dienone is 8. The molecule has 0 aliphatic heterocycles. The largest absolute Gasteiger partial charge is 0.611 e. The van der Waals surface area contributed by atoms with Gasteiger partial charge in [0.2, 0.25) is 0 Å². The minimum atomic E-state index is -1.44. The van der Waals surface area contributed by atoms with Crippen molar-refractivity contribution in [1.82, 2.24) is 0 Å². The molecule has 302 valence electrons. The quantitative estimate of drug-likeness (QED) is 0.124. The fourth-order valence-electron chi connectivity index (χ4n) is 12.7. The van der Waals surface area contributed by atoms with Gasteiger partial charge in [-0.3, -0.25) is 0 Å². The Morgan fingerprint density at radius 2 is 1.23 bits per heavy atom. The lowest BCUT2D eigenvalue weighted by Crippen LogP contribution is -2.42. The molecule has 4 heteroatoms. The minimum Gasteiger partial charge on any atom is -0.611 e. The first-order valence-corrected chi connectivity index (χ1v) is 24.5. The van der Waals surface area contributed by atoms with Crippen LogP contribution in [0.1, 0.15) is 78.5 Å². The SMILES string of the molecule is CC/C=C\C1=C(C)C2(C3=C(C=C=C=C3)C3CCC([S+]([O-])c4ccc([S+]([O-])c5ccc6c(c5)C5(c7ccccc7-c7ccccc75)c5ccccc5-6)cc4)CC32)c2cc(C)ccc21. The molecule has 6 aromatic carbocycles. The van der Waals surface area contributed by atoms with Gasteiger partial charge < -0.3 is 9.11 Å². The molecule has 0 N–H and O–H groups in total. The highest BCUT2D eigenvalue weighted by Gasteiger charge is 2.60. The van der Waals surface area contributed by atoms with Gasteiger partial charge in [0.05, 0.1) is 5.41 Å². The fourth-order valence-corrected chi connectivity index (χ4v) is 15.3. The van der Waals surface area contributed by atoms with Crippen molar-refractivity contribution in [3.63, 3.8) is 0 Å². The van der Waals surface area contributed by atoms with E-state index in [9.17, 15) is 9.11 Å². The average molecular weight is 839 g/mol. The van der Waals surface area contributed by atoms with Crippen LogP contribution in [0, 0.1) is 18.8 Å². The van der Waals surface area contributed by atoms with Crippen LogP contribution in [0.15, 0.2) is 201 Å². The van der Waals surface area contributed by atoms with Crippen molar-refractivity contribution in [3.05, 3.63) is 225 Å². The van der Waals surface area contributed by atoms with E-state index >= 15 is 0 Å². The molecule has 0 heterocycles. The molecule has 0 amide bonds. The molecule has 2 nitrogen and oxygen atoms in total. The summed E-state index contributed by atoms with van der Waals surface area (Å²) in [5.74, 6) is 0.648. The van der Waals surface area contributed by atoms with Gasteiger partial charge in [-0.2, -0.15) is 0 Å². The molecule has 6 atom stereocenters. The van der Waals surface area contributed by atoms with Crippen LogP contribution in [0.3, 0.4) is 0 Å². The third kappa shape index (κ3) is 5.06. The van der Waals surface area contributed by atoms with Gasteiger partial charge in [0.1, 0.15) is 5.25 Å². The van der Waals surface area contributed by atoms with Crippen LogP contribution in [-0.2, 0) is 33.2 Å². The predicted octanol–water partition coefficient (Wildman–Crippen LogP) is 13.3. The second-order valence-electron chi connectivity index (χ2n) is 17.9. The monoisotopic (exact) mass is 838 g/mol. The van der Waals surface area contributed by atoms with E-state index in [1.165, 1.54) is 83.5 Å². The third-order valence-electron chi connectivity index (χ3n) is 15.2. The normalized spacial score (nSPS) is 23.7. The van der Waals surface area contributed by atoms with Gasteiger partial charge in [0, 0.05) is 23.0 Å². The Hall–Kier alpha value is -5.54. The number of rotatable bonds is 6. The zero-order chi connectivity index (χ0) is 41.9. The number of fused-ring (bicyclic) bond motifs is 16. The molecule has 2 spiro atoms. The molecule has 0 bridgehead atoms. The smallest absolute Gasteiger partial charge is 0.158 e. The number of hydrogen-bond acceptors (Lipinski definition) is 2. The van der Waals surface area contributed by atoms with Crippen molar-refractivity contribution in [2.45, 2.75) is 77.2 Å². The Morgan fingerprint density at radius 3 is 1.90 bits per heavy atom. The van der Waals surface area contributed by atoms with Crippen molar-refractivity contribution < 1.29 is 9.11 Å². The second kappa shape index (κ2) is 14.2. The predicted molar refractivity (Wildman–Crippen MR) is 253 cm³/mol. The standard InChI is InChI=1S/C58H46O2S2/c1-4-5-14-42-37(3)57(54-33-36(2)23-30-47(42)54)50-19-10-6-17-45(50)48-31-28-40(34-55(48)57)61(59)38-24-26-39(27-25-38)62(60)41-29-32-49-46-18-9-13-22-53(46)58(56(49)35-41)51-20-11-7-15-43(51)44-16-8-12-21-52(44)58/h5,7-9,11-27,29-30,32-33,35,40,48,55H,4,28,31,34H2,1-3H3/b14-5-. The highest BCUT2D eigenvalue weighted by molar-refractivity contribution is 7.92. The van der Waals surface area contributed by atoms with Crippen molar-refractivity contribution in [2.24, 2.45) is 11.8 Å². The van der Waals surface area contributed by atoms with Crippen LogP contribution < -0.4 is 0 Å². The molecule has 0 radical (unpaired) electrons. The summed E-state index contributed by atoms with van der Waals surface area (Å²) in [5.41, 5.74) is 25.2. The molecule has 1 fully saturated rings. The third-order valence-corrected chi connectivity index (χ3v) is 18.3. The minimum absolute atomic E-state index is 0.00902. The summed E-state index contributed by atoms with van der Waals surface area (Å²) >= 11 is -2.67. The Bertz CT molecular complexity index is 3030. The van der Waals surface area contributed by atoms with Gasteiger partial charge in [-0.05, 0) is 183 Å². The van der Waals surface area contributed by atoms with E-state index in [2.05, 4.69) is 160 Å². The Labute approximate surface area is 371 Å². The Balaban J connectivity index is 0.870. The van der Waals surface area contributed by atoms with Crippen LogP contribution in [-0.4, -0.2) is 14.4 Å². The van der Waals surface area contributed by atoms with E-state index in [-0.39, 0.29) is 16.6 Å². The molecule has 62 heavy (non-hydrogen) atoms. The van der Waals surface area contributed by atoms with Gasteiger partial charge >= 0.3 is 0 Å². The lowest BCUT2D eigenvalue weighted by Gasteiger charge is -2.43. The summed E-state index contributed by atoms with van der Waals surface area (Å²) in [5, 5.41) is 0.00902. The summed E-state index contributed by atoms with van der Waals surface area (Å²) in [7, 11) is 0. The highest BCUT2D eigenvalue weighted by atomic mass is 32.2. The van der Waals surface area contributed by atoms with Crippen molar-refractivity contribution >= 4 is 27.9 Å². The van der Waals surface area contributed by atoms with Gasteiger partial charge in [-0.1, -0.05) is 133 Å². The zero-order valence-electron chi connectivity index (χ0n) is 35.2. The number of aryl methyl sites for hydroxylation is 1. The molecule has 0 saturated heterocycles. The molecule has 0 aromatic heterocycles. The summed E-state index contributed by atoms with van der Waals surface area (Å²) < 4.78 is 29.4. The van der Waals surface area contributed by atoms with Crippen LogP contribution >= 0.6 is 0 Å². The highest BCUT2D eigenvalue weighted by Crippen LogP contribution is 2.67. The molecule has 12 rings (SSSR count). The van der Waals surface area contributed by atoms with E-state index in [0.717, 1.165) is 40.4 Å². The summed E-state index contributed by atoms with van der Waals surface area (Å²) in [4.78, 5) is 2.30. The second-order valence-corrected chi connectivity index (χ2v) is 21.1. The van der Waals surface area contributed by atoms with E-state index in [1.54, 1.807) is 0 Å². The van der Waals surface area contributed by atoms with Crippen LogP contribution in [0.2, 0.25) is 0 Å². The van der Waals surface area contributed by atoms with E-state index in [0.29, 0.717) is 5.92 Å². The maximum atomic E-state index is 14.8. The molecule has 1 saturated carbocycles. The summed E-state index contributed by atoms with van der Waals surface area (Å²) in [6.45, 7) is 6.74. The van der Waals surface area contributed by atoms with Crippen molar-refractivity contribution in [3.8, 4) is 22.3 Å². The Kier molecular flexibility index (Phi) is 8.77.